The van der Waals surface area contributed by atoms with Gasteiger partial charge in [-0.05, 0) is 19.3 Å². The summed E-state index contributed by atoms with van der Waals surface area (Å²) in [6.07, 6.45) is 0.202. The predicted molar refractivity (Wildman–Crippen MR) is 53.6 cm³/mol. The molecule has 0 spiro atoms. The summed E-state index contributed by atoms with van der Waals surface area (Å²) in [7, 11) is 0. The molecule has 92 valence electrons. The lowest BCUT2D eigenvalue weighted by molar-refractivity contribution is -0.174. The van der Waals surface area contributed by atoms with Gasteiger partial charge in [-0.2, -0.15) is 13.2 Å². The second-order valence-corrected chi connectivity index (χ2v) is 3.69. The number of unbranched alkanes of at least 4 members (excludes halogenated alkanes) is 2. The van der Waals surface area contributed by atoms with Crippen LogP contribution in [-0.2, 0) is 4.74 Å². The van der Waals surface area contributed by atoms with Crippen molar-refractivity contribution in [2.45, 2.75) is 51.2 Å². The van der Waals surface area contributed by atoms with E-state index in [4.69, 9.17) is 5.73 Å². The van der Waals surface area contributed by atoms with Gasteiger partial charge in [0.05, 0.1) is 0 Å². The van der Waals surface area contributed by atoms with E-state index in [-0.39, 0.29) is 12.6 Å². The van der Waals surface area contributed by atoms with Gasteiger partial charge in [0.1, 0.15) is 6.61 Å². The van der Waals surface area contributed by atoms with Crippen molar-refractivity contribution >= 4 is 0 Å². The van der Waals surface area contributed by atoms with Gasteiger partial charge in [-0.3, -0.25) is 0 Å². The van der Waals surface area contributed by atoms with Crippen LogP contribution in [0.5, 0.6) is 0 Å². The topological polar surface area (TPSA) is 35.2 Å². The molecule has 0 aliphatic carbocycles. The molecule has 0 saturated heterocycles. The SMILES string of the molecule is CCC(N)CCCCCOCC(F)(F)F. The highest BCUT2D eigenvalue weighted by Gasteiger charge is 2.27. The third-order valence-corrected chi connectivity index (χ3v) is 2.15. The molecule has 2 N–H and O–H groups in total. The van der Waals surface area contributed by atoms with Crippen molar-refractivity contribution in [3.8, 4) is 0 Å². The molecule has 2 nitrogen and oxygen atoms in total. The van der Waals surface area contributed by atoms with E-state index in [0.717, 1.165) is 25.7 Å². The summed E-state index contributed by atoms with van der Waals surface area (Å²) >= 11 is 0. The highest BCUT2D eigenvalue weighted by molar-refractivity contribution is 4.57. The normalized spacial score (nSPS) is 14.2. The first-order chi connectivity index (χ1) is 6.95. The molecule has 0 fully saturated rings. The Morgan fingerprint density at radius 1 is 1.20 bits per heavy atom. The molecule has 0 aliphatic rings. The van der Waals surface area contributed by atoms with Crippen LogP contribution in [0.2, 0.25) is 0 Å². The number of hydrogen-bond acceptors (Lipinski definition) is 2. The predicted octanol–water partition coefficient (Wildman–Crippen LogP) is 2.86. The number of ether oxygens (including phenoxy) is 1. The third-order valence-electron chi connectivity index (χ3n) is 2.15. The van der Waals surface area contributed by atoms with Crippen LogP contribution in [0.3, 0.4) is 0 Å². The highest BCUT2D eigenvalue weighted by Crippen LogP contribution is 2.14. The number of nitrogens with two attached hydrogens (primary N) is 1. The quantitative estimate of drug-likeness (QED) is 0.647. The van der Waals surface area contributed by atoms with E-state index in [9.17, 15) is 13.2 Å². The van der Waals surface area contributed by atoms with Crippen molar-refractivity contribution in [1.82, 2.24) is 0 Å². The molecular weight excluding hydrogens is 207 g/mol. The van der Waals surface area contributed by atoms with E-state index in [1.54, 1.807) is 0 Å². The first kappa shape index (κ1) is 14.7. The molecular formula is C10H20F3NO. The molecule has 0 radical (unpaired) electrons. The molecule has 0 rings (SSSR count). The Labute approximate surface area is 89.0 Å². The molecule has 0 aliphatic heterocycles. The van der Waals surface area contributed by atoms with Crippen molar-refractivity contribution in [3.05, 3.63) is 0 Å². The lowest BCUT2D eigenvalue weighted by Gasteiger charge is -2.09. The molecule has 0 saturated carbocycles. The molecule has 0 aromatic rings. The van der Waals surface area contributed by atoms with Gasteiger partial charge in [0.2, 0.25) is 0 Å². The lowest BCUT2D eigenvalue weighted by atomic mass is 10.1. The molecule has 0 aromatic carbocycles. The van der Waals surface area contributed by atoms with Crippen molar-refractivity contribution in [1.29, 1.82) is 0 Å². The minimum atomic E-state index is -4.20. The molecule has 0 heterocycles. The fourth-order valence-electron chi connectivity index (χ4n) is 1.18. The van der Waals surface area contributed by atoms with Crippen LogP contribution in [-0.4, -0.2) is 25.4 Å². The average Bonchev–Trinajstić information content (AvgIpc) is 2.14. The standard InChI is InChI=1S/C10H20F3NO/c1-2-9(14)6-4-3-5-7-15-8-10(11,12)13/h9H,2-8,14H2,1H3. The second kappa shape index (κ2) is 7.93. The lowest BCUT2D eigenvalue weighted by Crippen LogP contribution is -2.18. The van der Waals surface area contributed by atoms with Gasteiger partial charge in [0, 0.05) is 12.6 Å². The van der Waals surface area contributed by atoms with Crippen LogP contribution in [0.4, 0.5) is 13.2 Å². The molecule has 0 amide bonds. The van der Waals surface area contributed by atoms with E-state index < -0.39 is 12.8 Å². The second-order valence-electron chi connectivity index (χ2n) is 3.69. The zero-order chi connectivity index (χ0) is 11.7. The van der Waals surface area contributed by atoms with Crippen LogP contribution in [0.1, 0.15) is 39.0 Å². The summed E-state index contributed by atoms with van der Waals surface area (Å²) in [5.41, 5.74) is 5.69. The molecule has 5 heteroatoms. The zero-order valence-corrected chi connectivity index (χ0v) is 9.15. The highest BCUT2D eigenvalue weighted by atomic mass is 19.4. The van der Waals surface area contributed by atoms with Crippen LogP contribution < -0.4 is 5.73 Å². The number of rotatable bonds is 8. The van der Waals surface area contributed by atoms with Gasteiger partial charge in [0.25, 0.3) is 0 Å². The molecule has 1 unspecified atom stereocenters. The minimum Gasteiger partial charge on any atom is -0.372 e. The van der Waals surface area contributed by atoms with E-state index in [0.29, 0.717) is 6.42 Å². The van der Waals surface area contributed by atoms with Gasteiger partial charge in [0.15, 0.2) is 0 Å². The van der Waals surface area contributed by atoms with E-state index >= 15 is 0 Å². The smallest absolute Gasteiger partial charge is 0.372 e. The Bertz CT molecular complexity index is 150. The van der Waals surface area contributed by atoms with Crippen molar-refractivity contribution in [2.75, 3.05) is 13.2 Å². The van der Waals surface area contributed by atoms with Crippen LogP contribution in [0, 0.1) is 0 Å². The van der Waals surface area contributed by atoms with Gasteiger partial charge < -0.3 is 10.5 Å². The average molecular weight is 227 g/mol. The van der Waals surface area contributed by atoms with Gasteiger partial charge in [-0.25, -0.2) is 0 Å². The molecule has 0 aromatic heterocycles. The van der Waals surface area contributed by atoms with Crippen molar-refractivity contribution in [2.24, 2.45) is 5.73 Å². The van der Waals surface area contributed by atoms with Gasteiger partial charge in [-0.15, -0.1) is 0 Å². The Hall–Kier alpha value is -0.290. The summed E-state index contributed by atoms with van der Waals surface area (Å²) in [6, 6.07) is 0.223. The zero-order valence-electron chi connectivity index (χ0n) is 9.15. The maximum atomic E-state index is 11.6. The maximum Gasteiger partial charge on any atom is 0.411 e. The fourth-order valence-corrected chi connectivity index (χ4v) is 1.18. The molecule has 1 atom stereocenters. The van der Waals surface area contributed by atoms with Gasteiger partial charge >= 0.3 is 6.18 Å². The Morgan fingerprint density at radius 3 is 2.40 bits per heavy atom. The number of halogens is 3. The van der Waals surface area contributed by atoms with E-state index in [1.807, 2.05) is 6.92 Å². The molecule has 0 bridgehead atoms. The van der Waals surface area contributed by atoms with Crippen LogP contribution in [0.15, 0.2) is 0 Å². The van der Waals surface area contributed by atoms with Crippen LogP contribution >= 0.6 is 0 Å². The Morgan fingerprint density at radius 2 is 1.87 bits per heavy atom. The van der Waals surface area contributed by atoms with Crippen LogP contribution in [0.25, 0.3) is 0 Å². The summed E-state index contributed by atoms with van der Waals surface area (Å²) in [5, 5.41) is 0. The largest absolute Gasteiger partial charge is 0.411 e. The van der Waals surface area contributed by atoms with E-state index in [2.05, 4.69) is 4.74 Å². The summed E-state index contributed by atoms with van der Waals surface area (Å²) in [4.78, 5) is 0. The first-order valence-electron chi connectivity index (χ1n) is 5.35. The van der Waals surface area contributed by atoms with Crippen molar-refractivity contribution in [3.63, 3.8) is 0 Å². The number of alkyl halides is 3. The minimum absolute atomic E-state index is 0.181. The first-order valence-corrected chi connectivity index (χ1v) is 5.35. The summed E-state index contributed by atoms with van der Waals surface area (Å²) in [6.45, 7) is 1.07. The Kier molecular flexibility index (Phi) is 7.78. The summed E-state index contributed by atoms with van der Waals surface area (Å²) < 4.78 is 39.4. The van der Waals surface area contributed by atoms with Gasteiger partial charge in [-0.1, -0.05) is 19.8 Å². The fraction of sp³-hybridized carbons (Fsp3) is 1.00. The number of hydrogen-bond donors (Lipinski definition) is 1. The maximum absolute atomic E-state index is 11.6. The van der Waals surface area contributed by atoms with Crippen molar-refractivity contribution < 1.29 is 17.9 Å². The van der Waals surface area contributed by atoms with E-state index in [1.165, 1.54) is 0 Å². The Balaban J connectivity index is 3.12. The summed E-state index contributed by atoms with van der Waals surface area (Å²) in [5.74, 6) is 0. The molecule has 15 heavy (non-hydrogen) atoms. The monoisotopic (exact) mass is 227 g/mol. The third kappa shape index (κ3) is 11.6.